The molecule has 0 unspecified atom stereocenters. The van der Waals surface area contributed by atoms with Crippen LogP contribution in [0.25, 0.3) is 0 Å². The molecule has 3 heteroatoms. The fraction of sp³-hybridized carbons (Fsp3) is 0.696. The molecule has 26 heavy (non-hydrogen) atoms. The molecule has 0 spiro atoms. The van der Waals surface area contributed by atoms with E-state index in [0.29, 0.717) is 12.3 Å². The van der Waals surface area contributed by atoms with Gasteiger partial charge in [-0.05, 0) is 48.8 Å². The van der Waals surface area contributed by atoms with Crippen LogP contribution in [-0.2, 0) is 23.8 Å². The first-order chi connectivity index (χ1) is 12.5. The zero-order valence-electron chi connectivity index (χ0n) is 17.7. The minimum absolute atomic E-state index is 0.0268. The topological polar surface area (TPSA) is 34.1 Å². The van der Waals surface area contributed by atoms with Crippen LogP contribution in [0.5, 0.6) is 0 Å². The van der Waals surface area contributed by atoms with Crippen molar-refractivity contribution in [1.82, 2.24) is 0 Å². The van der Waals surface area contributed by atoms with E-state index in [1.165, 1.54) is 5.56 Å². The molecule has 1 rings (SSSR count). The van der Waals surface area contributed by atoms with Crippen LogP contribution in [0.3, 0.4) is 0 Å². The summed E-state index contributed by atoms with van der Waals surface area (Å²) in [6.07, 6.45) is 9.90. The molecule has 0 radical (unpaired) electrons. The molecule has 0 amide bonds. The van der Waals surface area contributed by atoms with E-state index in [4.69, 9.17) is 0 Å². The Morgan fingerprint density at radius 2 is 1.23 bits per heavy atom. The molecule has 2 nitrogen and oxygen atoms in total. The van der Waals surface area contributed by atoms with Gasteiger partial charge in [-0.25, -0.2) is 0 Å². The molecule has 0 atom stereocenters. The van der Waals surface area contributed by atoms with E-state index in [9.17, 15) is 9.36 Å². The minimum Gasteiger partial charge on any atom is -0.315 e. The molecule has 0 saturated carbocycles. The van der Waals surface area contributed by atoms with Gasteiger partial charge < -0.3 is 4.57 Å². The van der Waals surface area contributed by atoms with Crippen molar-refractivity contribution < 1.29 is 9.36 Å². The monoisotopic (exact) mass is 378 g/mol. The first-order valence-corrected chi connectivity index (χ1v) is 12.8. The maximum atomic E-state index is 13.8. The zero-order chi connectivity index (χ0) is 19.6. The maximum absolute atomic E-state index is 13.8. The van der Waals surface area contributed by atoms with E-state index in [-0.39, 0.29) is 5.52 Å². The molecule has 0 N–H and O–H groups in total. The van der Waals surface area contributed by atoms with Gasteiger partial charge in [-0.2, -0.15) is 0 Å². The molecule has 0 aliphatic heterocycles. The van der Waals surface area contributed by atoms with Crippen LogP contribution in [0.2, 0.25) is 0 Å². The van der Waals surface area contributed by atoms with Gasteiger partial charge in [0.05, 0.1) is 0 Å². The van der Waals surface area contributed by atoms with Crippen molar-refractivity contribution in [3.63, 3.8) is 0 Å². The third kappa shape index (κ3) is 6.08. The Morgan fingerprint density at radius 3 is 1.58 bits per heavy atom. The normalized spacial score (nSPS) is 11.7. The Bertz CT molecular complexity index is 580. The summed E-state index contributed by atoms with van der Waals surface area (Å²) in [6, 6.07) is 4.32. The van der Waals surface area contributed by atoms with Gasteiger partial charge in [-0.15, -0.1) is 0 Å². The van der Waals surface area contributed by atoms with Gasteiger partial charge in [-0.3, -0.25) is 4.79 Å². The van der Waals surface area contributed by atoms with Crippen molar-refractivity contribution in [3.05, 3.63) is 34.4 Å². The summed E-state index contributed by atoms with van der Waals surface area (Å²) in [7, 11) is -2.83. The van der Waals surface area contributed by atoms with Crippen LogP contribution in [0.15, 0.2) is 12.1 Å². The SMILES string of the molecule is CCCCCP(=O)(CCCCC)C(=O)c1c(CC)cc(CC)cc1CC. The van der Waals surface area contributed by atoms with Crippen LogP contribution in [0.1, 0.15) is 100 Å². The quantitative estimate of drug-likeness (QED) is 0.267. The predicted octanol–water partition coefficient (Wildman–Crippen LogP) is 7.26. The minimum atomic E-state index is -2.83. The highest BCUT2D eigenvalue weighted by atomic mass is 31.2. The number of benzene rings is 1. The Morgan fingerprint density at radius 1 is 0.769 bits per heavy atom. The molecule has 0 fully saturated rings. The van der Waals surface area contributed by atoms with Crippen molar-refractivity contribution in [1.29, 1.82) is 0 Å². The summed E-state index contributed by atoms with van der Waals surface area (Å²) in [4.78, 5) is 13.6. The lowest BCUT2D eigenvalue weighted by molar-refractivity contribution is 0.107. The van der Waals surface area contributed by atoms with Crippen LogP contribution < -0.4 is 0 Å². The highest BCUT2D eigenvalue weighted by Crippen LogP contribution is 2.51. The summed E-state index contributed by atoms with van der Waals surface area (Å²) in [5.74, 6) is 0. The number of hydrogen-bond donors (Lipinski definition) is 0. The van der Waals surface area contributed by atoms with Gasteiger partial charge in [-0.1, -0.05) is 72.4 Å². The first-order valence-electron chi connectivity index (χ1n) is 10.7. The molecule has 148 valence electrons. The second-order valence-electron chi connectivity index (χ2n) is 7.41. The number of aryl methyl sites for hydroxylation is 3. The third-order valence-electron chi connectivity index (χ3n) is 5.36. The van der Waals surface area contributed by atoms with Crippen LogP contribution in [-0.4, -0.2) is 17.8 Å². The van der Waals surface area contributed by atoms with E-state index in [1.807, 2.05) is 0 Å². The summed E-state index contributed by atoms with van der Waals surface area (Å²) in [5, 5.41) is 0. The van der Waals surface area contributed by atoms with Gasteiger partial charge in [0.25, 0.3) is 0 Å². The van der Waals surface area contributed by atoms with Crippen LogP contribution >= 0.6 is 7.14 Å². The highest BCUT2D eigenvalue weighted by molar-refractivity contribution is 7.81. The average Bonchev–Trinajstić information content (AvgIpc) is 2.66. The van der Waals surface area contributed by atoms with Crippen molar-refractivity contribution in [2.24, 2.45) is 0 Å². The molecule has 1 aromatic rings. The largest absolute Gasteiger partial charge is 0.315 e. The maximum Gasteiger partial charge on any atom is 0.221 e. The lowest BCUT2D eigenvalue weighted by Crippen LogP contribution is -2.14. The highest BCUT2D eigenvalue weighted by Gasteiger charge is 2.33. The summed E-state index contributed by atoms with van der Waals surface area (Å²) >= 11 is 0. The van der Waals surface area contributed by atoms with Gasteiger partial charge >= 0.3 is 0 Å². The van der Waals surface area contributed by atoms with Crippen LogP contribution in [0, 0.1) is 0 Å². The molecule has 0 aliphatic carbocycles. The number of carbonyl (C=O) groups is 1. The molecule has 0 aromatic heterocycles. The molecule has 0 saturated heterocycles. The number of rotatable bonds is 13. The molecule has 0 heterocycles. The second-order valence-corrected chi connectivity index (χ2v) is 10.5. The van der Waals surface area contributed by atoms with Gasteiger partial charge in [0.2, 0.25) is 5.52 Å². The van der Waals surface area contributed by atoms with E-state index in [1.54, 1.807) is 0 Å². The fourth-order valence-corrected chi connectivity index (χ4v) is 6.42. The van der Waals surface area contributed by atoms with Crippen molar-refractivity contribution >= 4 is 12.7 Å². The van der Waals surface area contributed by atoms with Crippen molar-refractivity contribution in [2.45, 2.75) is 92.4 Å². The summed E-state index contributed by atoms with van der Waals surface area (Å²) < 4.78 is 13.8. The number of carbonyl (C=O) groups excluding carboxylic acids is 1. The fourth-order valence-electron chi connectivity index (χ4n) is 3.63. The standard InChI is InChI=1S/C23H39O2P/c1-6-11-13-15-26(25,16-14-12-7-2)23(24)22-20(9-4)17-19(8-3)18-21(22)10-5/h17-18H,6-16H2,1-5H3. The van der Waals surface area contributed by atoms with Crippen molar-refractivity contribution in [3.8, 4) is 0 Å². The summed E-state index contributed by atoms with van der Waals surface area (Å²) in [5.41, 5.74) is 4.24. The Kier molecular flexibility index (Phi) is 10.5. The third-order valence-corrected chi connectivity index (χ3v) is 8.40. The lowest BCUT2D eigenvalue weighted by Gasteiger charge is -2.21. The van der Waals surface area contributed by atoms with Gasteiger partial charge in [0.15, 0.2) is 7.14 Å². The predicted molar refractivity (Wildman–Crippen MR) is 115 cm³/mol. The number of hydrogen-bond acceptors (Lipinski definition) is 2. The van der Waals surface area contributed by atoms with E-state index in [0.717, 1.165) is 74.5 Å². The van der Waals surface area contributed by atoms with E-state index >= 15 is 0 Å². The van der Waals surface area contributed by atoms with Gasteiger partial charge in [0, 0.05) is 17.9 Å². The zero-order valence-corrected chi connectivity index (χ0v) is 18.6. The lowest BCUT2D eigenvalue weighted by atomic mass is 9.94. The average molecular weight is 379 g/mol. The molecule has 0 bridgehead atoms. The molecule has 1 aromatic carbocycles. The Labute approximate surface area is 161 Å². The van der Waals surface area contributed by atoms with Crippen molar-refractivity contribution in [2.75, 3.05) is 12.3 Å². The number of unbranched alkanes of at least 4 members (excludes halogenated alkanes) is 4. The van der Waals surface area contributed by atoms with E-state index < -0.39 is 7.14 Å². The second kappa shape index (κ2) is 11.8. The molecular weight excluding hydrogens is 339 g/mol. The smallest absolute Gasteiger partial charge is 0.221 e. The Balaban J connectivity index is 3.30. The van der Waals surface area contributed by atoms with E-state index in [2.05, 4.69) is 46.8 Å². The Hall–Kier alpha value is -0.880. The van der Waals surface area contributed by atoms with Gasteiger partial charge in [0.1, 0.15) is 0 Å². The van der Waals surface area contributed by atoms with Crippen LogP contribution in [0.4, 0.5) is 0 Å². The molecule has 0 aliphatic rings. The summed E-state index contributed by atoms with van der Waals surface area (Å²) in [6.45, 7) is 10.7. The first kappa shape index (κ1) is 23.2. The molecular formula is C23H39O2P.